The van der Waals surface area contributed by atoms with Gasteiger partial charge < -0.3 is 30.5 Å². The predicted octanol–water partition coefficient (Wildman–Crippen LogP) is 4.06. The average molecular weight is 614 g/mol. The largest absolute Gasteiger partial charge is 0.478 e. The zero-order valence-corrected chi connectivity index (χ0v) is 25.3. The summed E-state index contributed by atoms with van der Waals surface area (Å²) in [4.78, 5) is 40.2. The molecule has 3 N–H and O–H groups in total. The number of rotatable bonds is 10. The van der Waals surface area contributed by atoms with Crippen molar-refractivity contribution >= 4 is 23.2 Å². The zero-order valence-electron chi connectivity index (χ0n) is 25.3. The number of nitrogens with two attached hydrogens (primary N) is 1. The minimum Gasteiger partial charge on any atom is -0.478 e. The number of alkyl halides is 3. The monoisotopic (exact) mass is 613 g/mol. The first-order valence-corrected chi connectivity index (χ1v) is 14.5. The maximum absolute atomic E-state index is 13.6. The Bertz CT molecular complexity index is 1480. The number of hydrogen-bond donors (Lipinski definition) is 2. The highest BCUT2D eigenvalue weighted by Crippen LogP contribution is 2.35. The molecule has 1 aliphatic heterocycles. The molecule has 3 aromatic rings. The van der Waals surface area contributed by atoms with Crippen LogP contribution in [0.4, 0.5) is 24.5 Å². The van der Waals surface area contributed by atoms with Crippen LogP contribution in [-0.4, -0.2) is 86.2 Å². The number of ether oxygens (including phenoxy) is 1. The molecule has 1 aliphatic rings. The number of halogens is 3. The van der Waals surface area contributed by atoms with Crippen LogP contribution in [0.1, 0.15) is 46.7 Å². The summed E-state index contributed by atoms with van der Waals surface area (Å²) in [5, 5.41) is 2.87. The quantitative estimate of drug-likeness (QED) is 0.352. The highest BCUT2D eigenvalue weighted by Gasteiger charge is 2.36. The van der Waals surface area contributed by atoms with E-state index in [9.17, 15) is 22.8 Å². The molecular weight excluding hydrogens is 575 g/mol. The van der Waals surface area contributed by atoms with Gasteiger partial charge in [0, 0.05) is 76.5 Å². The molecule has 1 fully saturated rings. The molecule has 236 valence electrons. The van der Waals surface area contributed by atoms with Crippen LogP contribution in [-0.2, 0) is 6.18 Å². The van der Waals surface area contributed by atoms with Gasteiger partial charge in [-0.3, -0.25) is 14.6 Å². The van der Waals surface area contributed by atoms with Gasteiger partial charge >= 0.3 is 6.18 Å². The Hall–Kier alpha value is -4.39. The number of anilines is 2. The first kappa shape index (κ1) is 32.5. The standard InChI is InChI=1S/C31H38F3N7O3/c1-5-21-19-40(30(43)24-18-38-27(31(32,33)34)17-26(24)39(3)4)14-15-41(21)25-10-9-20(16-23(25)28(42)36-13-11-35)22-8-7-12-37-29(22)44-6-2/h7-10,12,16-18,21H,5-6,11,13-15,19,35H2,1-4H3,(H,36,42)/t21-/m1/s1. The molecule has 1 atom stereocenters. The van der Waals surface area contributed by atoms with E-state index in [2.05, 4.69) is 20.2 Å². The summed E-state index contributed by atoms with van der Waals surface area (Å²) in [6.07, 6.45) is -1.33. The van der Waals surface area contributed by atoms with Gasteiger partial charge in [0.2, 0.25) is 5.88 Å². The number of nitrogens with one attached hydrogen (secondary N) is 1. The van der Waals surface area contributed by atoms with Crippen molar-refractivity contribution in [3.63, 3.8) is 0 Å². The van der Waals surface area contributed by atoms with E-state index in [1.54, 1.807) is 31.3 Å². The first-order valence-electron chi connectivity index (χ1n) is 14.5. The molecule has 0 saturated carbocycles. The van der Waals surface area contributed by atoms with E-state index in [1.165, 1.54) is 4.90 Å². The van der Waals surface area contributed by atoms with Crippen molar-refractivity contribution in [3.05, 3.63) is 65.6 Å². The normalized spacial score (nSPS) is 15.2. The van der Waals surface area contributed by atoms with Crippen LogP contribution in [0, 0.1) is 0 Å². The second-order valence-electron chi connectivity index (χ2n) is 10.6. The molecule has 1 saturated heterocycles. The van der Waals surface area contributed by atoms with Crippen molar-refractivity contribution in [3.8, 4) is 17.0 Å². The van der Waals surface area contributed by atoms with Crippen molar-refractivity contribution in [2.75, 3.05) is 63.2 Å². The lowest BCUT2D eigenvalue weighted by molar-refractivity contribution is -0.141. The van der Waals surface area contributed by atoms with E-state index in [-0.39, 0.29) is 29.7 Å². The Balaban J connectivity index is 1.66. The van der Waals surface area contributed by atoms with Gasteiger partial charge in [-0.25, -0.2) is 4.98 Å². The molecule has 4 rings (SSSR count). The number of piperazine rings is 1. The Morgan fingerprint density at radius 2 is 1.89 bits per heavy atom. The van der Waals surface area contributed by atoms with Gasteiger partial charge in [0.25, 0.3) is 11.8 Å². The molecule has 0 unspecified atom stereocenters. The lowest BCUT2D eigenvalue weighted by Crippen LogP contribution is -2.55. The van der Waals surface area contributed by atoms with Crippen LogP contribution in [0.5, 0.6) is 5.88 Å². The molecule has 10 nitrogen and oxygen atoms in total. The summed E-state index contributed by atoms with van der Waals surface area (Å²) >= 11 is 0. The fraction of sp³-hybridized carbons (Fsp3) is 0.419. The number of benzene rings is 1. The Morgan fingerprint density at radius 1 is 1.11 bits per heavy atom. The topological polar surface area (TPSA) is 117 Å². The lowest BCUT2D eigenvalue weighted by atomic mass is 9.99. The Morgan fingerprint density at radius 3 is 2.55 bits per heavy atom. The molecule has 1 aromatic carbocycles. The third kappa shape index (κ3) is 7.04. The SMILES string of the molecule is CCOc1ncccc1-c1ccc(N2CCN(C(=O)c3cnc(C(F)(F)F)cc3N(C)C)C[C@H]2CC)c(C(=O)NCCN)c1. The van der Waals surface area contributed by atoms with E-state index < -0.39 is 17.8 Å². The third-order valence-electron chi connectivity index (χ3n) is 7.47. The minimum absolute atomic E-state index is 0.0964. The van der Waals surface area contributed by atoms with Gasteiger partial charge in [0.1, 0.15) is 5.69 Å². The number of carbonyl (C=O) groups is 2. The molecule has 3 heterocycles. The van der Waals surface area contributed by atoms with E-state index >= 15 is 0 Å². The molecule has 2 aromatic heterocycles. The fourth-order valence-electron chi connectivity index (χ4n) is 5.29. The minimum atomic E-state index is -4.63. The van der Waals surface area contributed by atoms with Gasteiger partial charge in [-0.1, -0.05) is 13.0 Å². The Kier molecular flexibility index (Phi) is 10.3. The summed E-state index contributed by atoms with van der Waals surface area (Å²) < 4.78 is 45.7. The van der Waals surface area contributed by atoms with Crippen LogP contribution in [0.25, 0.3) is 11.1 Å². The summed E-state index contributed by atoms with van der Waals surface area (Å²) in [6, 6.07) is 10.0. The second-order valence-corrected chi connectivity index (χ2v) is 10.6. The van der Waals surface area contributed by atoms with E-state index in [0.717, 1.165) is 23.4 Å². The van der Waals surface area contributed by atoms with Gasteiger partial charge in [-0.2, -0.15) is 13.2 Å². The molecular formula is C31H38F3N7O3. The summed E-state index contributed by atoms with van der Waals surface area (Å²) in [6.45, 7) is 5.90. The van der Waals surface area contributed by atoms with Crippen LogP contribution >= 0.6 is 0 Å². The van der Waals surface area contributed by atoms with Crippen LogP contribution in [0.15, 0.2) is 48.8 Å². The molecule has 0 spiro atoms. The van der Waals surface area contributed by atoms with Crippen molar-refractivity contribution in [2.24, 2.45) is 5.73 Å². The average Bonchev–Trinajstić information content (AvgIpc) is 3.02. The van der Waals surface area contributed by atoms with Crippen LogP contribution in [0.2, 0.25) is 0 Å². The first-order chi connectivity index (χ1) is 21.0. The number of aromatic nitrogens is 2. The number of hydrogen-bond acceptors (Lipinski definition) is 8. The zero-order chi connectivity index (χ0) is 32.0. The summed E-state index contributed by atoms with van der Waals surface area (Å²) in [5.74, 6) is -0.220. The maximum Gasteiger partial charge on any atom is 0.433 e. The molecule has 0 radical (unpaired) electrons. The smallest absolute Gasteiger partial charge is 0.433 e. The fourth-order valence-corrected chi connectivity index (χ4v) is 5.29. The molecule has 2 amide bonds. The summed E-state index contributed by atoms with van der Waals surface area (Å²) in [5.41, 5.74) is 7.49. The number of amides is 2. The molecule has 13 heteroatoms. The van der Waals surface area contributed by atoms with Gasteiger partial charge in [-0.05, 0) is 49.2 Å². The molecule has 0 aliphatic carbocycles. The van der Waals surface area contributed by atoms with Crippen LogP contribution in [0.3, 0.4) is 0 Å². The maximum atomic E-state index is 13.6. The van der Waals surface area contributed by atoms with E-state index in [4.69, 9.17) is 10.5 Å². The second kappa shape index (κ2) is 13.9. The van der Waals surface area contributed by atoms with Crippen molar-refractivity contribution in [2.45, 2.75) is 32.5 Å². The van der Waals surface area contributed by atoms with Gasteiger partial charge in [0.15, 0.2) is 0 Å². The van der Waals surface area contributed by atoms with Crippen molar-refractivity contribution < 1.29 is 27.5 Å². The molecule has 44 heavy (non-hydrogen) atoms. The molecule has 0 bridgehead atoms. The lowest BCUT2D eigenvalue weighted by Gasteiger charge is -2.43. The number of carbonyl (C=O) groups excluding carboxylic acids is 2. The number of nitrogens with zero attached hydrogens (tertiary/aromatic N) is 5. The van der Waals surface area contributed by atoms with Gasteiger partial charge in [-0.15, -0.1) is 0 Å². The highest BCUT2D eigenvalue weighted by atomic mass is 19.4. The summed E-state index contributed by atoms with van der Waals surface area (Å²) in [7, 11) is 3.17. The van der Waals surface area contributed by atoms with E-state index in [1.807, 2.05) is 38.1 Å². The van der Waals surface area contributed by atoms with Crippen LogP contribution < -0.4 is 25.6 Å². The Labute approximate surface area is 255 Å². The van der Waals surface area contributed by atoms with Gasteiger partial charge in [0.05, 0.1) is 23.4 Å². The van der Waals surface area contributed by atoms with Crippen molar-refractivity contribution in [1.82, 2.24) is 20.2 Å². The third-order valence-corrected chi connectivity index (χ3v) is 7.47. The predicted molar refractivity (Wildman–Crippen MR) is 163 cm³/mol. The van der Waals surface area contributed by atoms with Crippen molar-refractivity contribution in [1.29, 1.82) is 0 Å². The number of pyridine rings is 2. The highest BCUT2D eigenvalue weighted by molar-refractivity contribution is 6.02. The van der Waals surface area contributed by atoms with E-state index in [0.29, 0.717) is 56.3 Å².